The SMILES string of the molecule is Cc1nc(S(=O)(=O)N2CCC(C(=O)Nc3ccc(CCN4CCCC4)cc3)CC2)cn1C. The Labute approximate surface area is 190 Å². The maximum atomic E-state index is 12.8. The maximum Gasteiger partial charge on any atom is 0.262 e. The van der Waals surface area contributed by atoms with Crippen LogP contribution in [0.25, 0.3) is 0 Å². The normalized spacial score (nSPS) is 18.8. The van der Waals surface area contributed by atoms with Crippen LogP contribution in [0, 0.1) is 12.8 Å². The maximum absolute atomic E-state index is 12.8. The first kappa shape index (κ1) is 22.9. The summed E-state index contributed by atoms with van der Waals surface area (Å²) in [4.78, 5) is 19.4. The Morgan fingerprint density at radius 1 is 1.09 bits per heavy atom. The van der Waals surface area contributed by atoms with Gasteiger partial charge in [-0.15, -0.1) is 0 Å². The number of carbonyl (C=O) groups excluding carboxylic acids is 1. The van der Waals surface area contributed by atoms with Crippen molar-refractivity contribution in [2.24, 2.45) is 13.0 Å². The minimum absolute atomic E-state index is 0.0412. The molecule has 2 fully saturated rings. The predicted molar refractivity (Wildman–Crippen MR) is 124 cm³/mol. The number of hydrogen-bond acceptors (Lipinski definition) is 5. The summed E-state index contributed by atoms with van der Waals surface area (Å²) < 4.78 is 28.8. The molecule has 1 aromatic carbocycles. The molecule has 3 heterocycles. The van der Waals surface area contributed by atoms with Crippen molar-refractivity contribution in [3.8, 4) is 0 Å². The van der Waals surface area contributed by atoms with Crippen LogP contribution < -0.4 is 5.32 Å². The summed E-state index contributed by atoms with van der Waals surface area (Å²) in [5, 5.41) is 3.07. The lowest BCUT2D eigenvalue weighted by Gasteiger charge is -2.29. The number of carbonyl (C=O) groups is 1. The number of aryl methyl sites for hydroxylation is 2. The van der Waals surface area contributed by atoms with Crippen molar-refractivity contribution in [3.63, 3.8) is 0 Å². The molecule has 1 N–H and O–H groups in total. The van der Waals surface area contributed by atoms with Crippen LogP contribution in [0.4, 0.5) is 5.69 Å². The summed E-state index contributed by atoms with van der Waals surface area (Å²) in [6.45, 7) is 5.92. The quantitative estimate of drug-likeness (QED) is 0.687. The van der Waals surface area contributed by atoms with Crippen molar-refractivity contribution in [2.45, 2.75) is 44.1 Å². The Kier molecular flexibility index (Phi) is 6.97. The number of sulfonamides is 1. The van der Waals surface area contributed by atoms with Crippen LogP contribution in [0.1, 0.15) is 37.1 Å². The smallest absolute Gasteiger partial charge is 0.262 e. The number of amides is 1. The lowest BCUT2D eigenvalue weighted by atomic mass is 9.97. The zero-order valence-corrected chi connectivity index (χ0v) is 19.8. The summed E-state index contributed by atoms with van der Waals surface area (Å²) in [5.41, 5.74) is 2.07. The van der Waals surface area contributed by atoms with Crippen LogP contribution in [0.2, 0.25) is 0 Å². The number of aromatic nitrogens is 2. The van der Waals surface area contributed by atoms with Gasteiger partial charge in [0.25, 0.3) is 10.0 Å². The fraction of sp³-hybridized carbons (Fsp3) is 0.565. The molecule has 0 radical (unpaired) electrons. The van der Waals surface area contributed by atoms with E-state index in [0.29, 0.717) is 31.8 Å². The largest absolute Gasteiger partial charge is 0.337 e. The standard InChI is InChI=1S/C23H33N5O3S/c1-18-24-22(17-26(18)2)32(30,31)28-15-10-20(11-16-28)23(29)25-21-7-5-19(6-8-21)9-14-27-12-3-4-13-27/h5-8,17,20H,3-4,9-16H2,1-2H3,(H,25,29). The summed E-state index contributed by atoms with van der Waals surface area (Å²) in [5.74, 6) is 0.419. The summed E-state index contributed by atoms with van der Waals surface area (Å²) in [7, 11) is -1.85. The highest BCUT2D eigenvalue weighted by molar-refractivity contribution is 7.89. The minimum Gasteiger partial charge on any atom is -0.337 e. The summed E-state index contributed by atoms with van der Waals surface area (Å²) in [6.07, 6.45) is 6.18. The van der Waals surface area contributed by atoms with Crippen LogP contribution in [-0.4, -0.2) is 65.8 Å². The number of nitrogens with zero attached hydrogens (tertiary/aromatic N) is 4. The van der Waals surface area contributed by atoms with E-state index < -0.39 is 10.0 Å². The van der Waals surface area contributed by atoms with Crippen molar-refractivity contribution < 1.29 is 13.2 Å². The Bertz CT molecular complexity index is 1010. The van der Waals surface area contributed by atoms with E-state index in [1.54, 1.807) is 18.5 Å². The second-order valence-corrected chi connectivity index (χ2v) is 10.8. The van der Waals surface area contributed by atoms with Crippen molar-refractivity contribution in [1.29, 1.82) is 0 Å². The van der Waals surface area contributed by atoms with Crippen LogP contribution in [0.3, 0.4) is 0 Å². The number of rotatable bonds is 7. The first-order valence-electron chi connectivity index (χ1n) is 11.5. The van der Waals surface area contributed by atoms with E-state index in [0.717, 1.165) is 18.7 Å². The van der Waals surface area contributed by atoms with Gasteiger partial charge in [0.05, 0.1) is 0 Å². The van der Waals surface area contributed by atoms with E-state index >= 15 is 0 Å². The fourth-order valence-electron chi connectivity index (χ4n) is 4.43. The predicted octanol–water partition coefficient (Wildman–Crippen LogP) is 2.41. The van der Waals surface area contributed by atoms with Gasteiger partial charge in [0.1, 0.15) is 5.82 Å². The molecule has 2 aliphatic rings. The zero-order valence-electron chi connectivity index (χ0n) is 19.0. The van der Waals surface area contributed by atoms with Gasteiger partial charge in [-0.3, -0.25) is 4.79 Å². The van der Waals surface area contributed by atoms with Gasteiger partial charge < -0.3 is 14.8 Å². The second kappa shape index (κ2) is 9.72. The van der Waals surface area contributed by atoms with E-state index in [9.17, 15) is 13.2 Å². The molecule has 2 saturated heterocycles. The van der Waals surface area contributed by atoms with Crippen molar-refractivity contribution in [2.75, 3.05) is 38.0 Å². The molecule has 4 rings (SSSR count). The molecule has 2 aliphatic heterocycles. The number of likely N-dealkylation sites (tertiary alicyclic amines) is 1. The van der Waals surface area contributed by atoms with Gasteiger partial charge >= 0.3 is 0 Å². The van der Waals surface area contributed by atoms with Crippen molar-refractivity contribution in [3.05, 3.63) is 41.9 Å². The molecule has 0 unspecified atom stereocenters. The van der Waals surface area contributed by atoms with Crippen LogP contribution in [0.15, 0.2) is 35.5 Å². The molecule has 9 heteroatoms. The van der Waals surface area contributed by atoms with Gasteiger partial charge in [-0.25, -0.2) is 13.4 Å². The molecule has 174 valence electrons. The van der Waals surface area contributed by atoms with Gasteiger partial charge in [0.2, 0.25) is 5.91 Å². The molecule has 8 nitrogen and oxygen atoms in total. The molecular weight excluding hydrogens is 426 g/mol. The van der Waals surface area contributed by atoms with Crippen LogP contribution in [-0.2, 0) is 28.3 Å². The van der Waals surface area contributed by atoms with Crippen LogP contribution >= 0.6 is 0 Å². The Hall–Kier alpha value is -2.23. The Balaban J connectivity index is 1.27. The van der Waals surface area contributed by atoms with Gasteiger partial charge in [-0.05, 0) is 69.8 Å². The number of hydrogen-bond donors (Lipinski definition) is 1. The number of anilines is 1. The second-order valence-electron chi connectivity index (χ2n) is 8.90. The first-order valence-corrected chi connectivity index (χ1v) is 12.9. The zero-order chi connectivity index (χ0) is 22.7. The molecule has 1 aromatic heterocycles. The lowest BCUT2D eigenvalue weighted by Crippen LogP contribution is -2.41. The lowest BCUT2D eigenvalue weighted by molar-refractivity contribution is -0.120. The molecular formula is C23H33N5O3S. The molecule has 0 atom stereocenters. The van der Waals surface area contributed by atoms with Crippen molar-refractivity contribution in [1.82, 2.24) is 18.8 Å². The average molecular weight is 460 g/mol. The average Bonchev–Trinajstić information content (AvgIpc) is 3.43. The third-order valence-electron chi connectivity index (χ3n) is 6.65. The van der Waals surface area contributed by atoms with E-state index in [-0.39, 0.29) is 16.9 Å². The Morgan fingerprint density at radius 2 is 1.75 bits per heavy atom. The number of piperidine rings is 1. The van der Waals surface area contributed by atoms with Gasteiger partial charge in [0, 0.05) is 44.5 Å². The van der Waals surface area contributed by atoms with Crippen LogP contribution in [0.5, 0.6) is 0 Å². The van der Waals surface area contributed by atoms with E-state index in [1.165, 1.54) is 42.0 Å². The molecule has 2 aromatic rings. The molecule has 0 saturated carbocycles. The number of benzene rings is 1. The van der Waals surface area contributed by atoms with E-state index in [1.807, 2.05) is 12.1 Å². The number of nitrogens with one attached hydrogen (secondary N) is 1. The monoisotopic (exact) mass is 459 g/mol. The van der Waals surface area contributed by atoms with Gasteiger partial charge in [0.15, 0.2) is 5.03 Å². The molecule has 0 aliphatic carbocycles. The first-order chi connectivity index (χ1) is 15.3. The topological polar surface area (TPSA) is 87.5 Å². The minimum atomic E-state index is -3.62. The fourth-order valence-corrected chi connectivity index (χ4v) is 5.93. The Morgan fingerprint density at radius 3 is 2.34 bits per heavy atom. The highest BCUT2D eigenvalue weighted by atomic mass is 32.2. The van der Waals surface area contributed by atoms with Gasteiger partial charge in [-0.1, -0.05) is 12.1 Å². The molecule has 32 heavy (non-hydrogen) atoms. The molecule has 0 spiro atoms. The summed E-state index contributed by atoms with van der Waals surface area (Å²) >= 11 is 0. The van der Waals surface area contributed by atoms with Crippen molar-refractivity contribution >= 4 is 21.6 Å². The third-order valence-corrected chi connectivity index (χ3v) is 8.42. The van der Waals surface area contributed by atoms with E-state index in [2.05, 4.69) is 27.3 Å². The molecule has 0 bridgehead atoms. The van der Waals surface area contributed by atoms with Gasteiger partial charge in [-0.2, -0.15) is 4.31 Å². The summed E-state index contributed by atoms with van der Waals surface area (Å²) in [6, 6.07) is 8.08. The highest BCUT2D eigenvalue weighted by Crippen LogP contribution is 2.25. The third kappa shape index (κ3) is 5.22. The molecule has 1 amide bonds. The van der Waals surface area contributed by atoms with E-state index in [4.69, 9.17) is 0 Å². The highest BCUT2D eigenvalue weighted by Gasteiger charge is 2.33. The number of imidazole rings is 1.